The molecule has 3 rings (SSSR count). The Kier molecular flexibility index (Phi) is 2.33. The fourth-order valence-electron chi connectivity index (χ4n) is 2.25. The molecule has 0 saturated carbocycles. The van der Waals surface area contributed by atoms with Gasteiger partial charge >= 0.3 is 0 Å². The van der Waals surface area contributed by atoms with Gasteiger partial charge in [-0.1, -0.05) is 24.3 Å². The number of fused-ring (bicyclic) bond motifs is 3. The minimum Gasteiger partial charge on any atom is -0.507 e. The molecule has 2 aromatic carbocycles. The number of phenolic OH excluding ortho intramolecular Hbond substituents is 1. The molecule has 0 saturated heterocycles. The van der Waals surface area contributed by atoms with Gasteiger partial charge in [0, 0.05) is 11.6 Å². The summed E-state index contributed by atoms with van der Waals surface area (Å²) in [5, 5.41) is 9.78. The van der Waals surface area contributed by atoms with E-state index in [0.717, 1.165) is 16.7 Å². The highest BCUT2D eigenvalue weighted by Crippen LogP contribution is 2.40. The van der Waals surface area contributed by atoms with Crippen molar-refractivity contribution in [2.45, 2.75) is 13.5 Å². The third kappa shape index (κ3) is 1.56. The van der Waals surface area contributed by atoms with Crippen molar-refractivity contribution in [1.29, 1.82) is 0 Å². The molecule has 1 N–H and O–H groups in total. The lowest BCUT2D eigenvalue weighted by Crippen LogP contribution is -2.06. The fraction of sp³-hybridized carbons (Fsp3) is 0.133. The Morgan fingerprint density at radius 3 is 2.78 bits per heavy atom. The Labute approximate surface area is 105 Å². The second-order valence-corrected chi connectivity index (χ2v) is 4.37. The van der Waals surface area contributed by atoms with Gasteiger partial charge in [-0.05, 0) is 24.1 Å². The van der Waals surface area contributed by atoms with Gasteiger partial charge in [0.1, 0.15) is 18.1 Å². The van der Waals surface area contributed by atoms with Crippen LogP contribution < -0.4 is 4.74 Å². The summed E-state index contributed by atoms with van der Waals surface area (Å²) in [6, 6.07) is 11.1. The Balaban J connectivity index is 2.26. The molecule has 1 aliphatic rings. The zero-order valence-corrected chi connectivity index (χ0v) is 9.93. The van der Waals surface area contributed by atoms with E-state index in [9.17, 15) is 9.90 Å². The maximum atomic E-state index is 11.5. The monoisotopic (exact) mass is 240 g/mol. The Morgan fingerprint density at radius 1 is 1.22 bits per heavy atom. The summed E-state index contributed by atoms with van der Waals surface area (Å²) in [6.07, 6.45) is 0. The molecule has 1 aliphatic heterocycles. The molecule has 1 heterocycles. The number of carbonyl (C=O) groups excluding carboxylic acids is 1. The van der Waals surface area contributed by atoms with Crippen LogP contribution in [0, 0.1) is 0 Å². The van der Waals surface area contributed by atoms with Crippen molar-refractivity contribution in [3.8, 4) is 22.6 Å². The number of hydrogen-bond donors (Lipinski definition) is 1. The third-order valence-corrected chi connectivity index (χ3v) is 3.17. The molecule has 0 atom stereocenters. The molecule has 2 aromatic rings. The van der Waals surface area contributed by atoms with Crippen LogP contribution in [0.3, 0.4) is 0 Å². The second kappa shape index (κ2) is 3.88. The number of phenols is 1. The number of aromatic hydroxyl groups is 1. The number of ether oxygens (including phenoxy) is 1. The maximum absolute atomic E-state index is 11.5. The van der Waals surface area contributed by atoms with E-state index in [-0.39, 0.29) is 11.5 Å². The first-order valence-electron chi connectivity index (χ1n) is 5.76. The number of benzene rings is 2. The molecule has 0 bridgehead atoms. The molecular weight excluding hydrogens is 228 g/mol. The van der Waals surface area contributed by atoms with Gasteiger partial charge in [0.2, 0.25) is 0 Å². The lowest BCUT2D eigenvalue weighted by atomic mass is 9.94. The summed E-state index contributed by atoms with van der Waals surface area (Å²) >= 11 is 0. The number of rotatable bonds is 1. The van der Waals surface area contributed by atoms with E-state index in [1.165, 1.54) is 13.0 Å². The standard InChI is InChI=1S/C15H12O3/c1-9(16)12-6-13-11-5-3-2-4-10(11)8-18-15(13)7-14(12)17/h2-7,17H,8H2,1H3. The number of hydrogen-bond acceptors (Lipinski definition) is 3. The van der Waals surface area contributed by atoms with Gasteiger partial charge < -0.3 is 9.84 Å². The van der Waals surface area contributed by atoms with Gasteiger partial charge in [-0.2, -0.15) is 0 Å². The Morgan fingerprint density at radius 2 is 2.00 bits per heavy atom. The number of Topliss-reactive ketones (excluding diaryl/α,β-unsaturated/α-hetero) is 1. The van der Waals surface area contributed by atoms with Gasteiger partial charge in [0.15, 0.2) is 5.78 Å². The molecule has 0 aliphatic carbocycles. The van der Waals surface area contributed by atoms with Crippen molar-refractivity contribution < 1.29 is 14.6 Å². The highest BCUT2D eigenvalue weighted by molar-refractivity contribution is 5.99. The smallest absolute Gasteiger partial charge is 0.163 e. The van der Waals surface area contributed by atoms with Crippen LogP contribution in [0.25, 0.3) is 11.1 Å². The summed E-state index contributed by atoms with van der Waals surface area (Å²) in [5.74, 6) is 0.440. The second-order valence-electron chi connectivity index (χ2n) is 4.37. The molecule has 0 aromatic heterocycles. The molecule has 0 amide bonds. The maximum Gasteiger partial charge on any atom is 0.163 e. The van der Waals surface area contributed by atoms with E-state index in [1.807, 2.05) is 24.3 Å². The quantitative estimate of drug-likeness (QED) is 0.779. The summed E-state index contributed by atoms with van der Waals surface area (Å²) < 4.78 is 5.59. The van der Waals surface area contributed by atoms with Crippen LogP contribution in [0.2, 0.25) is 0 Å². The van der Waals surface area contributed by atoms with Crippen molar-refractivity contribution in [2.75, 3.05) is 0 Å². The molecule has 0 radical (unpaired) electrons. The van der Waals surface area contributed by atoms with Gasteiger partial charge in [-0.25, -0.2) is 0 Å². The lowest BCUT2D eigenvalue weighted by Gasteiger charge is -2.21. The number of ketones is 1. The van der Waals surface area contributed by atoms with Crippen LogP contribution in [0.4, 0.5) is 0 Å². The summed E-state index contributed by atoms with van der Waals surface area (Å²) in [5.41, 5.74) is 3.33. The van der Waals surface area contributed by atoms with E-state index in [2.05, 4.69) is 0 Å². The van der Waals surface area contributed by atoms with Crippen molar-refractivity contribution in [1.82, 2.24) is 0 Å². The average Bonchev–Trinajstić information content (AvgIpc) is 2.37. The van der Waals surface area contributed by atoms with Crippen LogP contribution in [0.5, 0.6) is 11.5 Å². The molecule has 3 heteroatoms. The van der Waals surface area contributed by atoms with E-state index >= 15 is 0 Å². The molecular formula is C15H12O3. The fourth-order valence-corrected chi connectivity index (χ4v) is 2.25. The average molecular weight is 240 g/mol. The van der Waals surface area contributed by atoms with Crippen LogP contribution in [0.1, 0.15) is 22.8 Å². The topological polar surface area (TPSA) is 46.5 Å². The first-order chi connectivity index (χ1) is 8.66. The molecule has 0 unspecified atom stereocenters. The predicted molar refractivity (Wildman–Crippen MR) is 67.9 cm³/mol. The van der Waals surface area contributed by atoms with Crippen LogP contribution >= 0.6 is 0 Å². The molecule has 3 nitrogen and oxygen atoms in total. The van der Waals surface area contributed by atoms with Crippen molar-refractivity contribution >= 4 is 5.78 Å². The molecule has 18 heavy (non-hydrogen) atoms. The number of carbonyl (C=O) groups is 1. The predicted octanol–water partition coefficient (Wildman–Crippen LogP) is 3.15. The normalized spacial score (nSPS) is 12.3. The lowest BCUT2D eigenvalue weighted by molar-refractivity contribution is 0.101. The SMILES string of the molecule is CC(=O)c1cc2c(cc1O)OCc1ccccc1-2. The molecule has 0 spiro atoms. The van der Waals surface area contributed by atoms with Gasteiger partial charge in [0.05, 0.1) is 5.56 Å². The minimum absolute atomic E-state index is 0.0272. The van der Waals surface area contributed by atoms with E-state index in [4.69, 9.17) is 4.74 Å². The van der Waals surface area contributed by atoms with Gasteiger partial charge in [-0.3, -0.25) is 4.79 Å². The van der Waals surface area contributed by atoms with E-state index in [0.29, 0.717) is 17.9 Å². The third-order valence-electron chi connectivity index (χ3n) is 3.17. The van der Waals surface area contributed by atoms with Crippen LogP contribution in [-0.2, 0) is 6.61 Å². The molecule has 0 fully saturated rings. The summed E-state index contributed by atoms with van der Waals surface area (Å²) in [7, 11) is 0. The molecule has 90 valence electrons. The largest absolute Gasteiger partial charge is 0.507 e. The minimum atomic E-state index is -0.154. The van der Waals surface area contributed by atoms with Gasteiger partial charge in [-0.15, -0.1) is 0 Å². The summed E-state index contributed by atoms with van der Waals surface area (Å²) in [6.45, 7) is 1.93. The van der Waals surface area contributed by atoms with Crippen molar-refractivity contribution in [2.24, 2.45) is 0 Å². The van der Waals surface area contributed by atoms with Crippen molar-refractivity contribution in [3.63, 3.8) is 0 Å². The zero-order valence-electron chi connectivity index (χ0n) is 9.93. The van der Waals surface area contributed by atoms with Gasteiger partial charge in [0.25, 0.3) is 0 Å². The first-order valence-corrected chi connectivity index (χ1v) is 5.76. The van der Waals surface area contributed by atoms with E-state index < -0.39 is 0 Å². The Hall–Kier alpha value is -2.29. The highest BCUT2D eigenvalue weighted by Gasteiger charge is 2.20. The first kappa shape index (κ1) is 10.8. The van der Waals surface area contributed by atoms with E-state index in [1.54, 1.807) is 6.07 Å². The van der Waals surface area contributed by atoms with Crippen molar-refractivity contribution in [3.05, 3.63) is 47.5 Å². The highest BCUT2D eigenvalue weighted by atomic mass is 16.5. The van der Waals surface area contributed by atoms with Crippen LogP contribution in [0.15, 0.2) is 36.4 Å². The zero-order chi connectivity index (χ0) is 12.7. The Bertz CT molecular complexity index is 644. The summed E-state index contributed by atoms with van der Waals surface area (Å²) in [4.78, 5) is 11.5. The van der Waals surface area contributed by atoms with Crippen LogP contribution in [-0.4, -0.2) is 10.9 Å².